The van der Waals surface area contributed by atoms with Crippen LogP contribution in [0.4, 0.5) is 0 Å². The number of imidazole rings is 1. The van der Waals surface area contributed by atoms with Crippen LogP contribution in [0.15, 0.2) is 12.4 Å². The second-order valence-electron chi connectivity index (χ2n) is 3.38. The first kappa shape index (κ1) is 11.7. The van der Waals surface area contributed by atoms with Crippen LogP contribution in [0.1, 0.15) is 25.6 Å². The predicted octanol–water partition coefficient (Wildman–Crippen LogP) is 0.258. The number of carbonyl (C=O) groups is 1. The Morgan fingerprint density at radius 3 is 3.13 bits per heavy atom. The van der Waals surface area contributed by atoms with E-state index in [4.69, 9.17) is 5.73 Å². The third-order valence-electron chi connectivity index (χ3n) is 2.15. The highest BCUT2D eigenvalue weighted by Gasteiger charge is 2.05. The van der Waals surface area contributed by atoms with Crippen molar-refractivity contribution in [2.75, 3.05) is 6.54 Å². The number of rotatable bonds is 6. The Morgan fingerprint density at radius 1 is 1.67 bits per heavy atom. The Hall–Kier alpha value is -1.36. The summed E-state index contributed by atoms with van der Waals surface area (Å²) in [6, 6.07) is 0. The third-order valence-corrected chi connectivity index (χ3v) is 2.15. The Labute approximate surface area is 89.7 Å². The van der Waals surface area contributed by atoms with Gasteiger partial charge >= 0.3 is 0 Å². The number of hydrogen-bond donors (Lipinski definition) is 2. The molecule has 0 atom stereocenters. The summed E-state index contributed by atoms with van der Waals surface area (Å²) in [5, 5.41) is 2.84. The number of aromatic nitrogens is 2. The fourth-order valence-corrected chi connectivity index (χ4v) is 1.29. The van der Waals surface area contributed by atoms with Crippen LogP contribution in [0.3, 0.4) is 0 Å². The summed E-state index contributed by atoms with van der Waals surface area (Å²) in [6.07, 6.45) is 5.52. The lowest BCUT2D eigenvalue weighted by atomic mass is 10.3. The van der Waals surface area contributed by atoms with Crippen molar-refractivity contribution in [1.29, 1.82) is 0 Å². The average molecular weight is 210 g/mol. The molecule has 1 aromatic heterocycles. The number of unbranched alkanes of at least 4 members (excludes halogenated alkanes) is 1. The van der Waals surface area contributed by atoms with Crippen LogP contribution < -0.4 is 11.1 Å². The quantitative estimate of drug-likeness (QED) is 0.661. The summed E-state index contributed by atoms with van der Waals surface area (Å²) in [5.74, 6) is 0.747. The van der Waals surface area contributed by atoms with E-state index >= 15 is 0 Å². The maximum Gasteiger partial charge on any atom is 0.239 e. The van der Waals surface area contributed by atoms with Crippen molar-refractivity contribution >= 4 is 5.91 Å². The highest BCUT2D eigenvalue weighted by atomic mass is 16.1. The maximum absolute atomic E-state index is 11.5. The smallest absolute Gasteiger partial charge is 0.239 e. The van der Waals surface area contributed by atoms with Gasteiger partial charge in [-0.15, -0.1) is 0 Å². The van der Waals surface area contributed by atoms with Gasteiger partial charge in [-0.1, -0.05) is 13.3 Å². The van der Waals surface area contributed by atoms with Crippen LogP contribution in [0, 0.1) is 0 Å². The molecule has 5 nitrogen and oxygen atoms in total. The van der Waals surface area contributed by atoms with Crippen molar-refractivity contribution in [3.63, 3.8) is 0 Å². The van der Waals surface area contributed by atoms with E-state index in [2.05, 4.69) is 17.2 Å². The second kappa shape index (κ2) is 6.19. The van der Waals surface area contributed by atoms with E-state index in [0.29, 0.717) is 13.1 Å². The van der Waals surface area contributed by atoms with E-state index in [1.807, 2.05) is 0 Å². The van der Waals surface area contributed by atoms with Gasteiger partial charge in [0.1, 0.15) is 12.4 Å². The van der Waals surface area contributed by atoms with Crippen LogP contribution in [0.25, 0.3) is 0 Å². The standard InChI is InChI=1S/C10H18N4O/c1-2-3-4-13-10(15)8-14-6-5-12-9(14)7-11/h5-6H,2-4,7-8,11H2,1H3,(H,13,15). The average Bonchev–Trinajstić information content (AvgIpc) is 2.65. The highest BCUT2D eigenvalue weighted by Crippen LogP contribution is 1.95. The zero-order valence-electron chi connectivity index (χ0n) is 9.07. The number of nitrogens with two attached hydrogens (primary N) is 1. The van der Waals surface area contributed by atoms with E-state index < -0.39 is 0 Å². The number of nitrogens with one attached hydrogen (secondary N) is 1. The molecule has 1 rings (SSSR count). The summed E-state index contributed by atoms with van der Waals surface area (Å²) in [5.41, 5.74) is 5.48. The van der Waals surface area contributed by atoms with Gasteiger partial charge in [-0.25, -0.2) is 4.98 Å². The predicted molar refractivity (Wildman–Crippen MR) is 58.0 cm³/mol. The largest absolute Gasteiger partial charge is 0.355 e. The fraction of sp³-hybridized carbons (Fsp3) is 0.600. The molecule has 0 saturated carbocycles. The lowest BCUT2D eigenvalue weighted by molar-refractivity contribution is -0.121. The number of amides is 1. The Kier molecular flexibility index (Phi) is 4.83. The van der Waals surface area contributed by atoms with Gasteiger partial charge < -0.3 is 15.6 Å². The van der Waals surface area contributed by atoms with Gasteiger partial charge in [0.2, 0.25) is 5.91 Å². The monoisotopic (exact) mass is 210 g/mol. The summed E-state index contributed by atoms with van der Waals surface area (Å²) in [4.78, 5) is 15.5. The van der Waals surface area contributed by atoms with E-state index in [-0.39, 0.29) is 5.91 Å². The summed E-state index contributed by atoms with van der Waals surface area (Å²) >= 11 is 0. The van der Waals surface area contributed by atoms with E-state index in [9.17, 15) is 4.79 Å². The minimum atomic E-state index is 0.0103. The molecule has 0 aliphatic rings. The lowest BCUT2D eigenvalue weighted by Crippen LogP contribution is -2.29. The van der Waals surface area contributed by atoms with E-state index in [1.165, 1.54) is 0 Å². The Balaban J connectivity index is 2.37. The first-order valence-electron chi connectivity index (χ1n) is 5.24. The molecule has 1 heterocycles. The normalized spacial score (nSPS) is 10.3. The molecular formula is C10H18N4O. The molecule has 0 aliphatic heterocycles. The Morgan fingerprint density at radius 2 is 2.47 bits per heavy atom. The van der Waals surface area contributed by atoms with Crippen molar-refractivity contribution in [3.05, 3.63) is 18.2 Å². The molecule has 84 valence electrons. The van der Waals surface area contributed by atoms with E-state index in [0.717, 1.165) is 25.2 Å². The van der Waals surface area contributed by atoms with Crippen molar-refractivity contribution in [2.45, 2.75) is 32.9 Å². The van der Waals surface area contributed by atoms with Gasteiger partial charge in [-0.2, -0.15) is 0 Å². The molecule has 0 fully saturated rings. The fourth-order valence-electron chi connectivity index (χ4n) is 1.29. The molecule has 0 aromatic carbocycles. The molecule has 5 heteroatoms. The summed E-state index contributed by atoms with van der Waals surface area (Å²) in [7, 11) is 0. The van der Waals surface area contributed by atoms with Crippen molar-refractivity contribution < 1.29 is 4.79 Å². The van der Waals surface area contributed by atoms with Gasteiger partial charge in [0.15, 0.2) is 0 Å². The topological polar surface area (TPSA) is 72.9 Å². The van der Waals surface area contributed by atoms with Gasteiger partial charge in [-0.3, -0.25) is 4.79 Å². The number of carbonyl (C=O) groups excluding carboxylic acids is 1. The van der Waals surface area contributed by atoms with Gasteiger partial charge in [0, 0.05) is 18.9 Å². The molecule has 3 N–H and O–H groups in total. The number of nitrogens with zero attached hydrogens (tertiary/aromatic N) is 2. The summed E-state index contributed by atoms with van der Waals surface area (Å²) in [6.45, 7) is 3.49. The highest BCUT2D eigenvalue weighted by molar-refractivity contribution is 5.75. The van der Waals surface area contributed by atoms with Crippen LogP contribution in [-0.4, -0.2) is 22.0 Å². The van der Waals surface area contributed by atoms with Gasteiger partial charge in [0.25, 0.3) is 0 Å². The first-order valence-corrected chi connectivity index (χ1v) is 5.24. The molecule has 0 unspecified atom stereocenters. The van der Waals surface area contributed by atoms with Crippen molar-refractivity contribution in [2.24, 2.45) is 5.73 Å². The molecular weight excluding hydrogens is 192 g/mol. The lowest BCUT2D eigenvalue weighted by Gasteiger charge is -2.07. The first-order chi connectivity index (χ1) is 7.27. The zero-order valence-corrected chi connectivity index (χ0v) is 9.07. The van der Waals surface area contributed by atoms with Crippen molar-refractivity contribution in [3.8, 4) is 0 Å². The minimum absolute atomic E-state index is 0.0103. The van der Waals surface area contributed by atoms with Gasteiger partial charge in [-0.05, 0) is 6.42 Å². The minimum Gasteiger partial charge on any atom is -0.355 e. The van der Waals surface area contributed by atoms with Crippen LogP contribution in [0.2, 0.25) is 0 Å². The molecule has 0 saturated heterocycles. The molecule has 1 amide bonds. The maximum atomic E-state index is 11.5. The Bertz CT molecular complexity index is 308. The van der Waals surface area contributed by atoms with E-state index in [1.54, 1.807) is 17.0 Å². The third kappa shape index (κ3) is 3.71. The molecule has 1 aromatic rings. The summed E-state index contributed by atoms with van der Waals surface area (Å²) < 4.78 is 1.77. The SMILES string of the molecule is CCCCNC(=O)Cn1ccnc1CN. The van der Waals surface area contributed by atoms with Crippen LogP contribution in [-0.2, 0) is 17.9 Å². The van der Waals surface area contributed by atoms with Gasteiger partial charge in [0.05, 0.1) is 6.54 Å². The molecule has 15 heavy (non-hydrogen) atoms. The molecule has 0 spiro atoms. The van der Waals surface area contributed by atoms with Crippen molar-refractivity contribution in [1.82, 2.24) is 14.9 Å². The zero-order chi connectivity index (χ0) is 11.1. The molecule has 0 radical (unpaired) electrons. The second-order valence-corrected chi connectivity index (χ2v) is 3.38. The van der Waals surface area contributed by atoms with Crippen LogP contribution >= 0.6 is 0 Å². The number of hydrogen-bond acceptors (Lipinski definition) is 3. The van der Waals surface area contributed by atoms with Crippen LogP contribution in [0.5, 0.6) is 0 Å². The molecule has 0 aliphatic carbocycles. The molecule has 0 bridgehead atoms.